The van der Waals surface area contributed by atoms with Gasteiger partial charge in [0.2, 0.25) is 5.43 Å². The lowest BCUT2D eigenvalue weighted by atomic mass is 10.1. The SMILES string of the molecule is CCCOc1cccc(-n2cc(C(=O)N(CC)c3cc(F)cc(F)c3)c(=O)c3ccc(OCCCCCCC[n+]4ccccc4)cc32)c1.[Br-]. The lowest BCUT2D eigenvalue weighted by molar-refractivity contribution is -0.697. The number of amides is 1. The van der Waals surface area contributed by atoms with Crippen LogP contribution in [0.3, 0.4) is 0 Å². The number of aromatic nitrogens is 2. The van der Waals surface area contributed by atoms with Crippen molar-refractivity contribution >= 4 is 22.5 Å². The highest BCUT2D eigenvalue weighted by Gasteiger charge is 2.23. The molecule has 0 fully saturated rings. The second-order valence-electron chi connectivity index (χ2n) is 11.7. The van der Waals surface area contributed by atoms with E-state index in [2.05, 4.69) is 17.0 Å². The Hall–Kier alpha value is -4.57. The summed E-state index contributed by atoms with van der Waals surface area (Å²) in [5.74, 6) is -1.03. The molecule has 5 aromatic rings. The van der Waals surface area contributed by atoms with Gasteiger partial charge in [-0.1, -0.05) is 31.9 Å². The van der Waals surface area contributed by atoms with Gasteiger partial charge in [-0.3, -0.25) is 9.59 Å². The van der Waals surface area contributed by atoms with Gasteiger partial charge in [0.15, 0.2) is 12.4 Å². The van der Waals surface area contributed by atoms with Gasteiger partial charge in [0.1, 0.15) is 35.2 Å². The number of benzene rings is 3. The fourth-order valence-electron chi connectivity index (χ4n) is 5.69. The number of unbranched alkanes of at least 4 members (excludes halogenated alkanes) is 4. The molecule has 0 aliphatic heterocycles. The Morgan fingerprint density at radius 1 is 0.796 bits per heavy atom. The molecule has 3 aromatic carbocycles. The van der Waals surface area contributed by atoms with Crippen LogP contribution in [-0.4, -0.2) is 30.2 Å². The highest BCUT2D eigenvalue weighted by Crippen LogP contribution is 2.27. The summed E-state index contributed by atoms with van der Waals surface area (Å²) in [7, 11) is 0. The fourth-order valence-corrected chi connectivity index (χ4v) is 5.69. The summed E-state index contributed by atoms with van der Waals surface area (Å²) in [5.41, 5.74) is 0.640. The zero-order valence-corrected chi connectivity index (χ0v) is 29.5. The van der Waals surface area contributed by atoms with Gasteiger partial charge < -0.3 is 35.9 Å². The molecule has 5 rings (SSSR count). The third-order valence-electron chi connectivity index (χ3n) is 8.10. The number of anilines is 1. The summed E-state index contributed by atoms with van der Waals surface area (Å²) in [6, 6.07) is 21.6. The number of ether oxygens (including phenoxy) is 2. The van der Waals surface area contributed by atoms with Gasteiger partial charge in [0.25, 0.3) is 5.91 Å². The molecule has 1 amide bonds. The van der Waals surface area contributed by atoms with Gasteiger partial charge in [-0.25, -0.2) is 13.3 Å². The highest BCUT2D eigenvalue weighted by atomic mass is 79.9. The maximum atomic E-state index is 14.1. The highest BCUT2D eigenvalue weighted by molar-refractivity contribution is 6.07. The number of hydrogen-bond acceptors (Lipinski definition) is 4. The minimum absolute atomic E-state index is 0. The minimum Gasteiger partial charge on any atom is -1.00 e. The van der Waals surface area contributed by atoms with Crippen LogP contribution in [0.25, 0.3) is 16.6 Å². The molecular weight excluding hydrogens is 692 g/mol. The largest absolute Gasteiger partial charge is 1.00 e. The van der Waals surface area contributed by atoms with E-state index in [1.807, 2.05) is 49.4 Å². The normalized spacial score (nSPS) is 10.9. The molecule has 0 aliphatic rings. The molecule has 0 bridgehead atoms. The quantitative estimate of drug-likeness (QED) is 0.105. The number of carbonyl (C=O) groups excluding carboxylic acids is 1. The smallest absolute Gasteiger partial charge is 0.263 e. The van der Waals surface area contributed by atoms with Crippen LogP contribution >= 0.6 is 0 Å². The van der Waals surface area contributed by atoms with Crippen LogP contribution in [0.2, 0.25) is 0 Å². The Morgan fingerprint density at radius 3 is 2.22 bits per heavy atom. The summed E-state index contributed by atoms with van der Waals surface area (Å²) in [4.78, 5) is 28.9. The van der Waals surface area contributed by atoms with E-state index in [4.69, 9.17) is 9.47 Å². The summed E-state index contributed by atoms with van der Waals surface area (Å²) in [6.07, 6.45) is 11.9. The first-order chi connectivity index (χ1) is 23.4. The van der Waals surface area contributed by atoms with E-state index in [1.165, 1.54) is 11.1 Å². The van der Waals surface area contributed by atoms with Gasteiger partial charge in [0.05, 0.1) is 18.7 Å². The Kier molecular flexibility index (Phi) is 13.9. The van der Waals surface area contributed by atoms with Crippen molar-refractivity contribution in [3.8, 4) is 17.2 Å². The van der Waals surface area contributed by atoms with E-state index in [9.17, 15) is 18.4 Å². The van der Waals surface area contributed by atoms with Gasteiger partial charge in [-0.2, -0.15) is 0 Å². The Balaban J connectivity index is 0.00000541. The first-order valence-corrected chi connectivity index (χ1v) is 16.7. The van der Waals surface area contributed by atoms with Crippen LogP contribution < -0.4 is 41.4 Å². The van der Waals surface area contributed by atoms with Gasteiger partial charge >= 0.3 is 0 Å². The molecule has 0 radical (unpaired) electrons. The Bertz CT molecular complexity index is 1880. The molecule has 0 saturated heterocycles. The lowest BCUT2D eigenvalue weighted by Gasteiger charge is -2.22. The van der Waals surface area contributed by atoms with Crippen molar-refractivity contribution in [3.63, 3.8) is 0 Å². The minimum atomic E-state index is -0.814. The number of fused-ring (bicyclic) bond motifs is 1. The number of pyridine rings is 2. The molecule has 2 aromatic heterocycles. The predicted octanol–water partition coefficient (Wildman–Crippen LogP) is 5.05. The van der Waals surface area contributed by atoms with Gasteiger partial charge in [-0.05, 0) is 62.6 Å². The van der Waals surface area contributed by atoms with Crippen LogP contribution in [-0.2, 0) is 6.54 Å². The second-order valence-corrected chi connectivity index (χ2v) is 11.7. The Labute approximate surface area is 296 Å². The number of aryl methyl sites for hydroxylation is 1. The van der Waals surface area contributed by atoms with Crippen LogP contribution in [0.5, 0.6) is 11.5 Å². The molecule has 0 N–H and O–H groups in total. The third-order valence-corrected chi connectivity index (χ3v) is 8.10. The number of rotatable bonds is 16. The molecule has 7 nitrogen and oxygen atoms in total. The van der Waals surface area contributed by atoms with Crippen LogP contribution in [0.4, 0.5) is 14.5 Å². The zero-order chi connectivity index (χ0) is 33.9. The second kappa shape index (κ2) is 18.3. The van der Waals surface area contributed by atoms with E-state index in [0.29, 0.717) is 41.3 Å². The van der Waals surface area contributed by atoms with Crippen molar-refractivity contribution < 1.29 is 44.6 Å². The molecule has 258 valence electrons. The van der Waals surface area contributed by atoms with Crippen molar-refractivity contribution in [1.82, 2.24) is 4.57 Å². The molecule has 0 atom stereocenters. The molecule has 0 saturated carbocycles. The monoisotopic (exact) mass is 733 g/mol. The zero-order valence-electron chi connectivity index (χ0n) is 27.9. The predicted molar refractivity (Wildman–Crippen MR) is 184 cm³/mol. The summed E-state index contributed by atoms with van der Waals surface area (Å²) < 4.78 is 44.1. The third kappa shape index (κ3) is 9.75. The van der Waals surface area contributed by atoms with Crippen LogP contribution in [0.1, 0.15) is 62.7 Å². The molecule has 10 heteroatoms. The van der Waals surface area contributed by atoms with E-state index in [1.54, 1.807) is 29.7 Å². The number of carbonyl (C=O) groups is 1. The molecule has 0 spiro atoms. The molecule has 0 unspecified atom stereocenters. The summed E-state index contributed by atoms with van der Waals surface area (Å²) in [5, 5.41) is 0.311. The molecule has 0 aliphatic carbocycles. The topological polar surface area (TPSA) is 64.6 Å². The lowest BCUT2D eigenvalue weighted by Crippen LogP contribution is -3.00. The van der Waals surface area contributed by atoms with E-state index in [-0.39, 0.29) is 34.8 Å². The first kappa shape index (κ1) is 37.3. The van der Waals surface area contributed by atoms with Crippen LogP contribution in [0, 0.1) is 11.6 Å². The average molecular weight is 735 g/mol. The van der Waals surface area contributed by atoms with Gasteiger partial charge in [0, 0.05) is 66.3 Å². The van der Waals surface area contributed by atoms with Crippen molar-refractivity contribution in [2.75, 3.05) is 24.7 Å². The summed E-state index contributed by atoms with van der Waals surface area (Å²) >= 11 is 0. The molecular formula is C39H42BrF2N3O4. The van der Waals surface area contributed by atoms with Crippen molar-refractivity contribution in [2.24, 2.45) is 0 Å². The number of hydrogen-bond donors (Lipinski definition) is 0. The first-order valence-electron chi connectivity index (χ1n) is 16.7. The average Bonchev–Trinajstić information content (AvgIpc) is 3.09. The number of nitrogens with zero attached hydrogens (tertiary/aromatic N) is 3. The fraction of sp³-hybridized carbons (Fsp3) is 0.308. The molecule has 49 heavy (non-hydrogen) atoms. The van der Waals surface area contributed by atoms with E-state index >= 15 is 0 Å². The maximum absolute atomic E-state index is 14.1. The maximum Gasteiger partial charge on any atom is 0.263 e. The number of halogens is 3. The standard InChI is InChI=1S/C39H42F2N3O4.BrH/c1-3-21-47-33-15-13-14-31(26-33)44-28-36(39(46)43(4-2)32-24-29(40)23-30(41)25-32)38(45)35-17-16-34(27-37(35)44)48-22-12-7-5-6-9-18-42-19-10-8-11-20-42;/h8,10-11,13-17,19-20,23-28H,3-7,9,12,18,21-22H2,1-2H3;1H/q+1;/p-1. The summed E-state index contributed by atoms with van der Waals surface area (Å²) in [6.45, 7) is 5.89. The van der Waals surface area contributed by atoms with Crippen molar-refractivity contribution in [1.29, 1.82) is 0 Å². The molecule has 2 heterocycles. The van der Waals surface area contributed by atoms with Crippen molar-refractivity contribution in [2.45, 2.75) is 58.9 Å². The van der Waals surface area contributed by atoms with Crippen molar-refractivity contribution in [3.05, 3.63) is 125 Å². The van der Waals surface area contributed by atoms with Crippen LogP contribution in [0.15, 0.2) is 102 Å². The van der Waals surface area contributed by atoms with E-state index < -0.39 is 23.0 Å². The van der Waals surface area contributed by atoms with Gasteiger partial charge in [-0.15, -0.1) is 0 Å². The van der Waals surface area contributed by atoms with E-state index in [0.717, 1.165) is 63.3 Å². The Morgan fingerprint density at radius 2 is 1.49 bits per heavy atom.